The highest BCUT2D eigenvalue weighted by Crippen LogP contribution is 2.32. The highest BCUT2D eigenvalue weighted by Gasteiger charge is 2.35. The van der Waals surface area contributed by atoms with Crippen LogP contribution in [0.2, 0.25) is 0 Å². The third-order valence-electron chi connectivity index (χ3n) is 3.87. The van der Waals surface area contributed by atoms with E-state index in [9.17, 15) is 8.42 Å². The van der Waals surface area contributed by atoms with E-state index in [1.807, 2.05) is 32.1 Å². The van der Waals surface area contributed by atoms with Crippen molar-refractivity contribution in [1.82, 2.24) is 14.6 Å². The monoisotopic (exact) mass is 307 g/mol. The minimum atomic E-state index is -3.64. The molecule has 21 heavy (non-hydrogen) atoms. The zero-order valence-electron chi connectivity index (χ0n) is 12.2. The zero-order valence-corrected chi connectivity index (χ0v) is 13.0. The van der Waals surface area contributed by atoms with Crippen molar-refractivity contribution in [3.8, 4) is 0 Å². The van der Waals surface area contributed by atoms with Crippen LogP contribution in [0.1, 0.15) is 24.5 Å². The van der Waals surface area contributed by atoms with Gasteiger partial charge in [0.1, 0.15) is 10.4 Å². The van der Waals surface area contributed by atoms with Crippen molar-refractivity contribution in [3.05, 3.63) is 29.3 Å². The number of aryl methyl sites for hydroxylation is 2. The number of benzene rings is 1. The molecule has 0 saturated carbocycles. The maximum Gasteiger partial charge on any atom is 0.246 e. The molecular weight excluding hydrogens is 290 g/mol. The van der Waals surface area contributed by atoms with Gasteiger partial charge in [-0.3, -0.25) is 0 Å². The second kappa shape index (κ2) is 4.92. The van der Waals surface area contributed by atoms with Crippen LogP contribution in [-0.2, 0) is 10.0 Å². The van der Waals surface area contributed by atoms with Crippen molar-refractivity contribution >= 4 is 21.1 Å². The molecule has 2 heterocycles. The fourth-order valence-electron chi connectivity index (χ4n) is 2.85. The van der Waals surface area contributed by atoms with E-state index in [0.29, 0.717) is 23.1 Å². The molecule has 0 fully saturated rings. The molecule has 112 valence electrons. The molecule has 6 nitrogen and oxygen atoms in total. The Balaban J connectivity index is 2.22. The molecule has 0 bridgehead atoms. The Morgan fingerprint density at radius 3 is 2.71 bits per heavy atom. The summed E-state index contributed by atoms with van der Waals surface area (Å²) in [6, 6.07) is 1.70. The number of sulfonamides is 1. The Kier molecular flexibility index (Phi) is 3.33. The van der Waals surface area contributed by atoms with Crippen LogP contribution in [0.15, 0.2) is 27.7 Å². The maximum absolute atomic E-state index is 13.0. The second-order valence-corrected chi connectivity index (χ2v) is 7.11. The van der Waals surface area contributed by atoms with Gasteiger partial charge in [0.05, 0.1) is 0 Å². The predicted octanol–water partition coefficient (Wildman–Crippen LogP) is 2.18. The van der Waals surface area contributed by atoms with E-state index in [1.165, 1.54) is 4.31 Å². The van der Waals surface area contributed by atoms with Crippen molar-refractivity contribution in [1.29, 1.82) is 0 Å². The normalized spacial score (nSPS) is 19.7. The average Bonchev–Trinajstić information content (AvgIpc) is 3.06. The number of aromatic nitrogens is 2. The van der Waals surface area contributed by atoms with Gasteiger partial charge in [0.25, 0.3) is 0 Å². The Morgan fingerprint density at radius 1 is 1.29 bits per heavy atom. The summed E-state index contributed by atoms with van der Waals surface area (Å²) < 4.78 is 32.3. The van der Waals surface area contributed by atoms with Gasteiger partial charge in [-0.2, -0.15) is 4.31 Å². The van der Waals surface area contributed by atoms with Gasteiger partial charge in [-0.05, 0) is 41.7 Å². The summed E-state index contributed by atoms with van der Waals surface area (Å²) in [6.07, 6.45) is 4.55. The first kappa shape index (κ1) is 14.2. The maximum atomic E-state index is 13.0. The summed E-state index contributed by atoms with van der Waals surface area (Å²) >= 11 is 0. The first-order chi connectivity index (χ1) is 9.96. The van der Waals surface area contributed by atoms with Crippen LogP contribution in [0.25, 0.3) is 11.0 Å². The minimum Gasteiger partial charge on any atom is -0.243 e. The highest BCUT2D eigenvalue weighted by atomic mass is 32.2. The first-order valence-electron chi connectivity index (χ1n) is 6.87. The Hall–Kier alpha value is -1.73. The SMILES string of the molecule is CCC1C=CCN1S(=O)(=O)c1c(C)cc(C)c2nonc12. The molecule has 1 aliphatic rings. The summed E-state index contributed by atoms with van der Waals surface area (Å²) in [4.78, 5) is 0.200. The van der Waals surface area contributed by atoms with Crippen molar-refractivity contribution in [2.75, 3.05) is 6.54 Å². The molecule has 0 amide bonds. The van der Waals surface area contributed by atoms with Gasteiger partial charge >= 0.3 is 0 Å². The largest absolute Gasteiger partial charge is 0.246 e. The highest BCUT2D eigenvalue weighted by molar-refractivity contribution is 7.89. The van der Waals surface area contributed by atoms with E-state index >= 15 is 0 Å². The molecule has 1 atom stereocenters. The molecule has 2 aromatic rings. The van der Waals surface area contributed by atoms with Crippen LogP contribution in [0.4, 0.5) is 0 Å². The molecule has 1 aliphatic heterocycles. The van der Waals surface area contributed by atoms with Crippen molar-refractivity contribution in [2.45, 2.75) is 38.1 Å². The Bertz CT molecular complexity index is 823. The fraction of sp³-hybridized carbons (Fsp3) is 0.429. The quantitative estimate of drug-likeness (QED) is 0.812. The molecule has 1 unspecified atom stereocenters. The Labute approximate surface area is 123 Å². The van der Waals surface area contributed by atoms with E-state index < -0.39 is 10.0 Å². The lowest BCUT2D eigenvalue weighted by atomic mass is 10.1. The lowest BCUT2D eigenvalue weighted by Crippen LogP contribution is -2.36. The molecule has 1 aromatic carbocycles. The molecule has 0 radical (unpaired) electrons. The summed E-state index contributed by atoms with van der Waals surface area (Å²) in [5, 5.41) is 7.63. The fourth-order valence-corrected chi connectivity index (χ4v) is 4.79. The molecule has 0 aliphatic carbocycles. The van der Waals surface area contributed by atoms with Crippen LogP contribution >= 0.6 is 0 Å². The van der Waals surface area contributed by atoms with Gasteiger partial charge in [-0.25, -0.2) is 13.0 Å². The lowest BCUT2D eigenvalue weighted by Gasteiger charge is -2.23. The summed E-state index contributed by atoms with van der Waals surface area (Å²) in [5.41, 5.74) is 2.33. The zero-order chi connectivity index (χ0) is 15.2. The van der Waals surface area contributed by atoms with Crippen LogP contribution in [0.5, 0.6) is 0 Å². The topological polar surface area (TPSA) is 76.3 Å². The average molecular weight is 307 g/mol. The minimum absolute atomic E-state index is 0.106. The summed E-state index contributed by atoms with van der Waals surface area (Å²) in [7, 11) is -3.64. The molecule has 7 heteroatoms. The van der Waals surface area contributed by atoms with E-state index in [0.717, 1.165) is 12.0 Å². The number of hydrogen-bond donors (Lipinski definition) is 0. The van der Waals surface area contributed by atoms with Crippen LogP contribution < -0.4 is 0 Å². The molecule has 1 aromatic heterocycles. The smallest absolute Gasteiger partial charge is 0.243 e. The number of hydrogen-bond acceptors (Lipinski definition) is 5. The van der Waals surface area contributed by atoms with Gasteiger partial charge in [0, 0.05) is 12.6 Å². The van der Waals surface area contributed by atoms with Gasteiger partial charge in [-0.1, -0.05) is 25.1 Å². The van der Waals surface area contributed by atoms with Gasteiger partial charge in [0.2, 0.25) is 10.0 Å². The predicted molar refractivity (Wildman–Crippen MR) is 78.4 cm³/mol. The van der Waals surface area contributed by atoms with Gasteiger partial charge in [-0.15, -0.1) is 0 Å². The third-order valence-corrected chi connectivity index (χ3v) is 5.94. The van der Waals surface area contributed by atoms with Crippen molar-refractivity contribution in [3.63, 3.8) is 0 Å². The van der Waals surface area contributed by atoms with Crippen molar-refractivity contribution < 1.29 is 13.0 Å². The Morgan fingerprint density at radius 2 is 2.00 bits per heavy atom. The number of fused-ring (bicyclic) bond motifs is 1. The molecular formula is C14H17N3O3S. The number of rotatable bonds is 3. The second-order valence-electron chi connectivity index (χ2n) is 5.28. The van der Waals surface area contributed by atoms with Gasteiger partial charge < -0.3 is 0 Å². The van der Waals surface area contributed by atoms with E-state index in [2.05, 4.69) is 10.3 Å². The molecule has 0 spiro atoms. The lowest BCUT2D eigenvalue weighted by molar-refractivity contribution is 0.314. The van der Waals surface area contributed by atoms with Gasteiger partial charge in [0.15, 0.2) is 5.52 Å². The number of nitrogens with zero attached hydrogens (tertiary/aromatic N) is 3. The summed E-state index contributed by atoms with van der Waals surface area (Å²) in [6.45, 7) is 6.00. The standard InChI is InChI=1S/C14H17N3O3S/c1-4-11-6-5-7-17(11)21(18,19)14-10(3)8-9(2)12-13(14)16-20-15-12/h5-6,8,11H,4,7H2,1-3H3. The van der Waals surface area contributed by atoms with E-state index in [1.54, 1.807) is 6.92 Å². The third kappa shape index (κ3) is 2.08. The molecule has 0 saturated heterocycles. The van der Waals surface area contributed by atoms with Crippen LogP contribution in [-0.4, -0.2) is 35.6 Å². The van der Waals surface area contributed by atoms with E-state index in [4.69, 9.17) is 4.63 Å². The first-order valence-corrected chi connectivity index (χ1v) is 8.31. The molecule has 0 N–H and O–H groups in total. The van der Waals surface area contributed by atoms with E-state index in [-0.39, 0.29) is 10.9 Å². The molecule has 3 rings (SSSR count). The van der Waals surface area contributed by atoms with Crippen molar-refractivity contribution in [2.24, 2.45) is 0 Å². The summed E-state index contributed by atoms with van der Waals surface area (Å²) in [5.74, 6) is 0. The van der Waals surface area contributed by atoms with Crippen LogP contribution in [0.3, 0.4) is 0 Å². The van der Waals surface area contributed by atoms with Crippen LogP contribution in [0, 0.1) is 13.8 Å².